The van der Waals surface area contributed by atoms with Crippen LogP contribution in [0.2, 0.25) is 0 Å². The van der Waals surface area contributed by atoms with Gasteiger partial charge in [0.25, 0.3) is 6.43 Å². The predicted molar refractivity (Wildman–Crippen MR) is 47.3 cm³/mol. The van der Waals surface area contributed by atoms with Crippen LogP contribution in [0.3, 0.4) is 0 Å². The molecule has 14 heavy (non-hydrogen) atoms. The molecule has 0 aromatic rings. The van der Waals surface area contributed by atoms with Gasteiger partial charge in [0.05, 0.1) is 12.2 Å². The van der Waals surface area contributed by atoms with Gasteiger partial charge >= 0.3 is 0 Å². The Morgan fingerprint density at radius 1 is 1.36 bits per heavy atom. The van der Waals surface area contributed by atoms with Crippen molar-refractivity contribution >= 4 is 0 Å². The molecule has 0 heterocycles. The molecule has 0 bridgehead atoms. The van der Waals surface area contributed by atoms with Crippen molar-refractivity contribution in [2.45, 2.75) is 50.7 Å². The molecular weight excluding hydrogens is 190 g/mol. The molecule has 82 valence electrons. The summed E-state index contributed by atoms with van der Waals surface area (Å²) in [6, 6.07) is 0. The first-order valence-electron chi connectivity index (χ1n) is 5.23. The second-order valence-electron chi connectivity index (χ2n) is 4.40. The van der Waals surface area contributed by atoms with Gasteiger partial charge in [-0.1, -0.05) is 12.8 Å². The highest BCUT2D eigenvalue weighted by Crippen LogP contribution is 2.54. The number of aliphatic hydroxyl groups excluding tert-OH is 1. The highest BCUT2D eigenvalue weighted by molar-refractivity contribution is 5.06. The van der Waals surface area contributed by atoms with Gasteiger partial charge in [0, 0.05) is 11.8 Å². The van der Waals surface area contributed by atoms with Crippen molar-refractivity contribution in [1.29, 1.82) is 0 Å². The Morgan fingerprint density at radius 3 is 2.50 bits per heavy atom. The molecule has 0 aromatic heterocycles. The van der Waals surface area contributed by atoms with Crippen molar-refractivity contribution in [2.75, 3.05) is 6.61 Å². The normalized spacial score (nSPS) is 35.1. The van der Waals surface area contributed by atoms with Gasteiger partial charge < -0.3 is 9.84 Å². The maximum absolute atomic E-state index is 11.9. The maximum Gasteiger partial charge on any atom is 0.261 e. The summed E-state index contributed by atoms with van der Waals surface area (Å²) in [5.41, 5.74) is -0.172. The van der Waals surface area contributed by atoms with E-state index in [1.54, 1.807) is 0 Å². The number of hydrogen-bond acceptors (Lipinski definition) is 2. The number of rotatable bonds is 3. The lowest BCUT2D eigenvalue weighted by atomic mass is 9.62. The third-order valence-corrected chi connectivity index (χ3v) is 3.70. The van der Waals surface area contributed by atoms with Crippen LogP contribution >= 0.6 is 0 Å². The van der Waals surface area contributed by atoms with Crippen molar-refractivity contribution in [3.8, 4) is 0 Å². The number of hydrogen-bond donors (Lipinski definition) is 1. The van der Waals surface area contributed by atoms with E-state index in [1.165, 1.54) is 0 Å². The van der Waals surface area contributed by atoms with Gasteiger partial charge in [-0.05, 0) is 12.8 Å². The zero-order valence-corrected chi connectivity index (χ0v) is 8.09. The van der Waals surface area contributed by atoms with Crippen molar-refractivity contribution in [3.05, 3.63) is 0 Å². The van der Waals surface area contributed by atoms with E-state index in [0.29, 0.717) is 6.42 Å². The van der Waals surface area contributed by atoms with Crippen molar-refractivity contribution in [3.63, 3.8) is 0 Å². The van der Waals surface area contributed by atoms with Gasteiger partial charge in [0.2, 0.25) is 0 Å². The number of alkyl halides is 2. The molecule has 0 saturated heterocycles. The molecule has 2 aliphatic carbocycles. The number of aliphatic hydroxyl groups is 1. The summed E-state index contributed by atoms with van der Waals surface area (Å²) in [7, 11) is 0. The highest BCUT2D eigenvalue weighted by atomic mass is 19.3. The summed E-state index contributed by atoms with van der Waals surface area (Å²) >= 11 is 0. The Kier molecular flexibility index (Phi) is 2.75. The Hall–Kier alpha value is -0.220. The molecule has 0 aliphatic heterocycles. The van der Waals surface area contributed by atoms with Gasteiger partial charge in [0.1, 0.15) is 6.61 Å². The summed E-state index contributed by atoms with van der Waals surface area (Å²) in [5.74, 6) is 0. The Morgan fingerprint density at radius 2 is 2.00 bits per heavy atom. The molecule has 1 spiro atoms. The van der Waals surface area contributed by atoms with Crippen LogP contribution in [0, 0.1) is 5.41 Å². The molecule has 2 saturated carbocycles. The van der Waals surface area contributed by atoms with Crippen molar-refractivity contribution < 1.29 is 18.6 Å². The van der Waals surface area contributed by atoms with Crippen LogP contribution in [0.4, 0.5) is 8.78 Å². The van der Waals surface area contributed by atoms with Crippen LogP contribution in [0.25, 0.3) is 0 Å². The molecule has 4 heteroatoms. The summed E-state index contributed by atoms with van der Waals surface area (Å²) in [4.78, 5) is 0. The van der Waals surface area contributed by atoms with Crippen LogP contribution in [-0.2, 0) is 4.74 Å². The van der Waals surface area contributed by atoms with E-state index in [9.17, 15) is 13.9 Å². The minimum Gasteiger partial charge on any atom is -0.392 e. The Balaban J connectivity index is 1.88. The van der Waals surface area contributed by atoms with Crippen LogP contribution in [0.1, 0.15) is 32.1 Å². The average Bonchev–Trinajstić information content (AvgIpc) is 2.62. The lowest BCUT2D eigenvalue weighted by Gasteiger charge is -2.51. The summed E-state index contributed by atoms with van der Waals surface area (Å²) in [5, 5.41) is 9.67. The summed E-state index contributed by atoms with van der Waals surface area (Å²) in [6.07, 6.45) is 1.72. The fourth-order valence-electron chi connectivity index (χ4n) is 2.84. The number of halogens is 2. The predicted octanol–water partition coefficient (Wildman–Crippen LogP) is 1.96. The molecule has 0 aromatic carbocycles. The molecule has 2 rings (SSSR count). The fraction of sp³-hybridized carbons (Fsp3) is 1.00. The summed E-state index contributed by atoms with van der Waals surface area (Å²) in [6.45, 7) is -0.487. The van der Waals surface area contributed by atoms with Gasteiger partial charge in [-0.3, -0.25) is 0 Å². The Labute approximate surface area is 82.3 Å². The van der Waals surface area contributed by atoms with E-state index >= 15 is 0 Å². The smallest absolute Gasteiger partial charge is 0.261 e. The summed E-state index contributed by atoms with van der Waals surface area (Å²) < 4.78 is 29.0. The van der Waals surface area contributed by atoms with Crippen LogP contribution in [-0.4, -0.2) is 30.3 Å². The quantitative estimate of drug-likeness (QED) is 0.764. The molecule has 1 N–H and O–H groups in total. The molecule has 2 fully saturated rings. The van der Waals surface area contributed by atoms with E-state index in [1.807, 2.05) is 0 Å². The van der Waals surface area contributed by atoms with Crippen molar-refractivity contribution in [2.24, 2.45) is 5.41 Å². The highest BCUT2D eigenvalue weighted by Gasteiger charge is 2.56. The second kappa shape index (κ2) is 3.74. The van der Waals surface area contributed by atoms with E-state index in [2.05, 4.69) is 0 Å². The molecule has 0 amide bonds. The van der Waals surface area contributed by atoms with Crippen LogP contribution in [0.15, 0.2) is 0 Å². The molecule has 2 atom stereocenters. The standard InChI is InChI=1S/C10H16F2O2/c11-9(12)6-14-8-5-7(13)10(8)3-1-2-4-10/h7-9,13H,1-6H2. The minimum absolute atomic E-state index is 0.131. The molecule has 0 radical (unpaired) electrons. The first kappa shape index (κ1) is 10.3. The third kappa shape index (κ3) is 1.54. The largest absolute Gasteiger partial charge is 0.392 e. The molecule has 2 aliphatic rings. The average molecular weight is 206 g/mol. The van der Waals surface area contributed by atoms with Crippen LogP contribution < -0.4 is 0 Å². The van der Waals surface area contributed by atoms with E-state index in [-0.39, 0.29) is 17.6 Å². The monoisotopic (exact) mass is 206 g/mol. The first-order valence-corrected chi connectivity index (χ1v) is 5.23. The van der Waals surface area contributed by atoms with Crippen LogP contribution in [0.5, 0.6) is 0 Å². The number of ether oxygens (including phenoxy) is 1. The lowest BCUT2D eigenvalue weighted by Crippen LogP contribution is -2.57. The lowest BCUT2D eigenvalue weighted by molar-refractivity contribution is -0.200. The molecule has 2 unspecified atom stereocenters. The van der Waals surface area contributed by atoms with E-state index in [4.69, 9.17) is 4.74 Å². The maximum atomic E-state index is 11.9. The van der Waals surface area contributed by atoms with Crippen molar-refractivity contribution in [1.82, 2.24) is 0 Å². The van der Waals surface area contributed by atoms with Gasteiger partial charge in [-0.25, -0.2) is 8.78 Å². The third-order valence-electron chi connectivity index (χ3n) is 3.70. The van der Waals surface area contributed by atoms with Gasteiger partial charge in [-0.15, -0.1) is 0 Å². The molecular formula is C10H16F2O2. The van der Waals surface area contributed by atoms with Gasteiger partial charge in [-0.2, -0.15) is 0 Å². The Bertz CT molecular complexity index is 202. The molecule has 2 nitrogen and oxygen atoms in total. The SMILES string of the molecule is OC1CC(OCC(F)F)C12CCCC2. The fourth-order valence-corrected chi connectivity index (χ4v) is 2.84. The van der Waals surface area contributed by atoms with E-state index < -0.39 is 13.0 Å². The second-order valence-corrected chi connectivity index (χ2v) is 4.40. The van der Waals surface area contributed by atoms with E-state index in [0.717, 1.165) is 25.7 Å². The zero-order chi connectivity index (χ0) is 10.2. The zero-order valence-electron chi connectivity index (χ0n) is 8.09. The minimum atomic E-state index is -2.40. The first-order chi connectivity index (χ1) is 6.65. The topological polar surface area (TPSA) is 29.5 Å². The van der Waals surface area contributed by atoms with Gasteiger partial charge in [0.15, 0.2) is 0 Å².